The standard InChI is InChI=1S/C24H26N4O6S/c1-14-11-22(29)26-19-8-6-15(12-17(14)19)25-23(30)18-13-16(35(33,34)27(2)3)7-9-20(18)28-10-4-5-21(28)24(31)32/h6-9,11-13,21H,4-5,10H2,1-3H3,(H,25,30)(H,26,29)(H,31,32)/t21-/m0/s1. The van der Waals surface area contributed by atoms with Gasteiger partial charge in [-0.05, 0) is 61.7 Å². The molecule has 1 amide bonds. The number of nitrogens with zero attached hydrogens (tertiary/aromatic N) is 3. The summed E-state index contributed by atoms with van der Waals surface area (Å²) in [5.41, 5.74) is 2.18. The van der Waals surface area contributed by atoms with E-state index in [1.807, 2.05) is 6.92 Å². The molecule has 0 unspecified atom stereocenters. The number of aliphatic carboxylic acids is 1. The van der Waals surface area contributed by atoms with Gasteiger partial charge in [-0.2, -0.15) is 0 Å². The van der Waals surface area contributed by atoms with Crippen molar-refractivity contribution in [3.8, 4) is 5.88 Å². The van der Waals surface area contributed by atoms with Crippen molar-refractivity contribution in [2.45, 2.75) is 30.7 Å². The van der Waals surface area contributed by atoms with Crippen LogP contribution in [-0.4, -0.2) is 66.5 Å². The van der Waals surface area contributed by atoms with Crippen molar-refractivity contribution >= 4 is 44.2 Å². The minimum atomic E-state index is -3.83. The van der Waals surface area contributed by atoms with Crippen LogP contribution in [0.3, 0.4) is 0 Å². The molecule has 0 radical (unpaired) electrons. The Labute approximate surface area is 202 Å². The van der Waals surface area contributed by atoms with Crippen LogP contribution in [0.25, 0.3) is 10.9 Å². The number of aromatic hydroxyl groups is 1. The van der Waals surface area contributed by atoms with Crippen LogP contribution in [0.15, 0.2) is 47.4 Å². The molecular weight excluding hydrogens is 472 g/mol. The molecule has 2 heterocycles. The van der Waals surface area contributed by atoms with E-state index in [1.165, 1.54) is 38.4 Å². The zero-order valence-corrected chi connectivity index (χ0v) is 20.3. The molecule has 0 aliphatic carbocycles. The summed E-state index contributed by atoms with van der Waals surface area (Å²) in [7, 11) is -1.04. The fourth-order valence-electron chi connectivity index (χ4n) is 4.28. The van der Waals surface area contributed by atoms with Crippen LogP contribution in [0.1, 0.15) is 28.8 Å². The summed E-state index contributed by atoms with van der Waals surface area (Å²) in [5, 5.41) is 22.9. The molecule has 4 rings (SSSR count). The Bertz CT molecular complexity index is 1440. The topological polar surface area (TPSA) is 140 Å². The molecule has 0 bridgehead atoms. The Kier molecular flexibility index (Phi) is 6.39. The van der Waals surface area contributed by atoms with Crippen LogP contribution >= 0.6 is 0 Å². The number of carboxylic acids is 1. The lowest BCUT2D eigenvalue weighted by Crippen LogP contribution is -2.37. The molecular formula is C24H26N4O6S. The van der Waals surface area contributed by atoms with Gasteiger partial charge in [0.2, 0.25) is 15.9 Å². The maximum Gasteiger partial charge on any atom is 0.326 e. The number of amides is 1. The van der Waals surface area contributed by atoms with E-state index in [4.69, 9.17) is 0 Å². The van der Waals surface area contributed by atoms with Crippen molar-refractivity contribution in [2.24, 2.45) is 0 Å². The van der Waals surface area contributed by atoms with Gasteiger partial charge in [0, 0.05) is 37.8 Å². The fraction of sp³-hybridized carbons (Fsp3) is 0.292. The summed E-state index contributed by atoms with van der Waals surface area (Å²) in [5.74, 6) is -1.68. The third-order valence-corrected chi connectivity index (χ3v) is 7.91. The predicted molar refractivity (Wildman–Crippen MR) is 131 cm³/mol. The third-order valence-electron chi connectivity index (χ3n) is 6.10. The second-order valence-corrected chi connectivity index (χ2v) is 10.8. The van der Waals surface area contributed by atoms with Gasteiger partial charge in [-0.1, -0.05) is 0 Å². The highest BCUT2D eigenvalue weighted by molar-refractivity contribution is 7.89. The van der Waals surface area contributed by atoms with Gasteiger partial charge in [0.25, 0.3) is 5.91 Å². The van der Waals surface area contributed by atoms with Crippen LogP contribution < -0.4 is 10.2 Å². The molecule has 0 spiro atoms. The molecule has 10 nitrogen and oxygen atoms in total. The van der Waals surface area contributed by atoms with E-state index in [2.05, 4.69) is 10.3 Å². The maximum absolute atomic E-state index is 13.4. The molecule has 1 atom stereocenters. The summed E-state index contributed by atoms with van der Waals surface area (Å²) >= 11 is 0. The highest BCUT2D eigenvalue weighted by Crippen LogP contribution is 2.32. The SMILES string of the molecule is Cc1cc(O)nc2ccc(NC(=O)c3cc(S(=O)(=O)N(C)C)ccc3N3CCC[C@H]3C(=O)O)cc12. The van der Waals surface area contributed by atoms with Crippen LogP contribution in [0.2, 0.25) is 0 Å². The minimum Gasteiger partial charge on any atom is -0.493 e. The summed E-state index contributed by atoms with van der Waals surface area (Å²) in [6.07, 6.45) is 1.07. The van der Waals surface area contributed by atoms with Gasteiger partial charge >= 0.3 is 5.97 Å². The second-order valence-electron chi connectivity index (χ2n) is 8.64. The Morgan fingerprint density at radius 3 is 2.57 bits per heavy atom. The number of anilines is 2. The molecule has 11 heteroatoms. The number of hydrogen-bond acceptors (Lipinski definition) is 7. The van der Waals surface area contributed by atoms with Crippen LogP contribution in [0.4, 0.5) is 11.4 Å². The molecule has 35 heavy (non-hydrogen) atoms. The van der Waals surface area contributed by atoms with E-state index in [-0.39, 0.29) is 16.3 Å². The zero-order valence-electron chi connectivity index (χ0n) is 19.5. The maximum atomic E-state index is 13.4. The number of nitrogens with one attached hydrogen (secondary N) is 1. The lowest BCUT2D eigenvalue weighted by atomic mass is 10.1. The fourth-order valence-corrected chi connectivity index (χ4v) is 5.21. The third kappa shape index (κ3) is 4.64. The zero-order chi connectivity index (χ0) is 25.5. The summed E-state index contributed by atoms with van der Waals surface area (Å²) < 4.78 is 26.5. The number of sulfonamides is 1. The number of benzene rings is 2. The van der Waals surface area contributed by atoms with Crippen LogP contribution in [0.5, 0.6) is 5.88 Å². The van der Waals surface area contributed by atoms with E-state index in [1.54, 1.807) is 23.1 Å². The molecule has 1 aromatic heterocycles. The number of carbonyl (C=O) groups excluding carboxylic acids is 1. The first-order valence-electron chi connectivity index (χ1n) is 11.0. The van der Waals surface area contributed by atoms with Gasteiger partial charge in [-0.15, -0.1) is 0 Å². The number of hydrogen-bond donors (Lipinski definition) is 3. The van der Waals surface area contributed by atoms with Crippen molar-refractivity contribution in [3.05, 3.63) is 53.6 Å². The number of aryl methyl sites for hydroxylation is 1. The normalized spacial score (nSPS) is 16.1. The van der Waals surface area contributed by atoms with E-state index in [0.717, 1.165) is 15.3 Å². The van der Waals surface area contributed by atoms with Crippen molar-refractivity contribution in [1.82, 2.24) is 9.29 Å². The number of carboxylic acid groups (broad SMARTS) is 1. The van der Waals surface area contributed by atoms with Crippen molar-refractivity contribution in [2.75, 3.05) is 30.9 Å². The first-order valence-corrected chi connectivity index (χ1v) is 12.4. The van der Waals surface area contributed by atoms with E-state index >= 15 is 0 Å². The van der Waals surface area contributed by atoms with Gasteiger partial charge in [-0.3, -0.25) is 4.79 Å². The molecule has 1 saturated heterocycles. The highest BCUT2D eigenvalue weighted by atomic mass is 32.2. The summed E-state index contributed by atoms with van der Waals surface area (Å²) in [4.78, 5) is 30.9. The number of rotatable bonds is 6. The molecule has 184 valence electrons. The Morgan fingerprint density at radius 1 is 1.14 bits per heavy atom. The quantitative estimate of drug-likeness (QED) is 0.471. The first-order chi connectivity index (χ1) is 16.5. The Morgan fingerprint density at radius 2 is 1.89 bits per heavy atom. The van der Waals surface area contributed by atoms with E-state index in [9.17, 15) is 28.2 Å². The van der Waals surface area contributed by atoms with Crippen molar-refractivity contribution < 1.29 is 28.2 Å². The van der Waals surface area contributed by atoms with Gasteiger partial charge in [0.05, 0.1) is 21.7 Å². The van der Waals surface area contributed by atoms with Gasteiger partial charge in [-0.25, -0.2) is 22.5 Å². The molecule has 0 saturated carbocycles. The summed E-state index contributed by atoms with van der Waals surface area (Å²) in [6.45, 7) is 2.24. The smallest absolute Gasteiger partial charge is 0.326 e. The lowest BCUT2D eigenvalue weighted by Gasteiger charge is -2.26. The monoisotopic (exact) mass is 498 g/mol. The number of aromatic nitrogens is 1. The largest absolute Gasteiger partial charge is 0.493 e. The molecule has 1 aliphatic heterocycles. The second kappa shape index (κ2) is 9.16. The molecule has 3 N–H and O–H groups in total. The molecule has 1 fully saturated rings. The highest BCUT2D eigenvalue weighted by Gasteiger charge is 2.33. The lowest BCUT2D eigenvalue weighted by molar-refractivity contribution is -0.138. The molecule has 2 aromatic carbocycles. The minimum absolute atomic E-state index is 0.0572. The van der Waals surface area contributed by atoms with Crippen molar-refractivity contribution in [1.29, 1.82) is 0 Å². The van der Waals surface area contributed by atoms with Crippen LogP contribution in [-0.2, 0) is 14.8 Å². The average molecular weight is 499 g/mol. The number of fused-ring (bicyclic) bond motifs is 1. The summed E-state index contributed by atoms with van der Waals surface area (Å²) in [6, 6.07) is 9.86. The van der Waals surface area contributed by atoms with Crippen molar-refractivity contribution in [3.63, 3.8) is 0 Å². The van der Waals surface area contributed by atoms with Gasteiger partial charge < -0.3 is 20.4 Å². The van der Waals surface area contributed by atoms with Gasteiger partial charge in [0.15, 0.2) is 0 Å². The predicted octanol–water partition coefficient (Wildman–Crippen LogP) is 2.80. The van der Waals surface area contributed by atoms with E-state index < -0.39 is 27.9 Å². The Hall–Kier alpha value is -3.70. The van der Waals surface area contributed by atoms with E-state index in [0.29, 0.717) is 36.3 Å². The van der Waals surface area contributed by atoms with Gasteiger partial charge in [0.1, 0.15) is 6.04 Å². The number of pyridine rings is 1. The average Bonchev–Trinajstić information content (AvgIpc) is 3.29. The number of carbonyl (C=O) groups is 2. The molecule has 1 aliphatic rings. The Balaban J connectivity index is 1.78. The van der Waals surface area contributed by atoms with Crippen LogP contribution in [0, 0.1) is 6.92 Å². The first kappa shape index (κ1) is 24.4. The molecule has 3 aromatic rings.